The predicted octanol–water partition coefficient (Wildman–Crippen LogP) is 2.01. The maximum absolute atomic E-state index is 9.25. The number of rotatable bonds is 3. The van der Waals surface area contributed by atoms with E-state index in [0.717, 1.165) is 12.0 Å². The van der Waals surface area contributed by atoms with Crippen molar-refractivity contribution in [3.8, 4) is 11.5 Å². The van der Waals surface area contributed by atoms with Crippen LogP contribution in [0.15, 0.2) is 30.9 Å². The van der Waals surface area contributed by atoms with Gasteiger partial charge in [-0.15, -0.1) is 6.58 Å². The van der Waals surface area contributed by atoms with Crippen LogP contribution in [-0.4, -0.2) is 12.2 Å². The van der Waals surface area contributed by atoms with Crippen molar-refractivity contribution in [1.29, 1.82) is 0 Å². The first-order valence-electron chi connectivity index (χ1n) is 3.74. The maximum atomic E-state index is 9.25. The number of phenolic OH excluding ortho intramolecular Hbond substituents is 1. The first kappa shape index (κ1) is 15.6. The Morgan fingerprint density at radius 1 is 1.50 bits per heavy atom. The Hall–Kier alpha value is -0.857. The van der Waals surface area contributed by atoms with Gasteiger partial charge in [0, 0.05) is 0 Å². The van der Waals surface area contributed by atoms with Crippen molar-refractivity contribution in [2.45, 2.75) is 6.42 Å². The molecule has 0 aliphatic rings. The van der Waals surface area contributed by atoms with E-state index in [1.54, 1.807) is 12.1 Å². The van der Waals surface area contributed by atoms with Crippen molar-refractivity contribution in [2.24, 2.45) is 0 Å². The minimum atomic E-state index is 0. The van der Waals surface area contributed by atoms with Crippen LogP contribution in [0, 0.1) is 0 Å². The van der Waals surface area contributed by atoms with Gasteiger partial charge in [-0.1, -0.05) is 12.1 Å². The molecule has 14 heavy (non-hydrogen) atoms. The SMILES string of the molecule is C=CCc1ccc(O)c(OC)c1.[O-2].[Zn+2]. The van der Waals surface area contributed by atoms with Gasteiger partial charge in [0.2, 0.25) is 0 Å². The number of hydrogen-bond acceptors (Lipinski definition) is 2. The summed E-state index contributed by atoms with van der Waals surface area (Å²) in [5.74, 6) is 0.680. The van der Waals surface area contributed by atoms with Crippen LogP contribution in [0.2, 0.25) is 0 Å². The summed E-state index contributed by atoms with van der Waals surface area (Å²) in [6.45, 7) is 3.63. The molecule has 0 aliphatic heterocycles. The van der Waals surface area contributed by atoms with E-state index in [2.05, 4.69) is 6.58 Å². The summed E-state index contributed by atoms with van der Waals surface area (Å²) in [7, 11) is 1.53. The molecule has 1 aromatic rings. The van der Waals surface area contributed by atoms with Gasteiger partial charge < -0.3 is 15.3 Å². The average Bonchev–Trinajstić information content (AvgIpc) is 2.09. The van der Waals surface area contributed by atoms with E-state index in [9.17, 15) is 5.11 Å². The summed E-state index contributed by atoms with van der Waals surface area (Å²) in [5, 5.41) is 9.25. The van der Waals surface area contributed by atoms with E-state index in [1.807, 2.05) is 12.1 Å². The van der Waals surface area contributed by atoms with Gasteiger partial charge in [0.05, 0.1) is 7.11 Å². The molecule has 1 N–H and O–H groups in total. The fraction of sp³-hybridized carbons (Fsp3) is 0.200. The Labute approximate surface area is 96.5 Å². The summed E-state index contributed by atoms with van der Waals surface area (Å²) in [6.07, 6.45) is 2.60. The van der Waals surface area contributed by atoms with Gasteiger partial charge in [0.25, 0.3) is 0 Å². The third-order valence-electron chi connectivity index (χ3n) is 1.62. The van der Waals surface area contributed by atoms with Gasteiger partial charge in [0.15, 0.2) is 11.5 Å². The summed E-state index contributed by atoms with van der Waals surface area (Å²) >= 11 is 0. The second kappa shape index (κ2) is 7.54. The quantitative estimate of drug-likeness (QED) is 0.654. The van der Waals surface area contributed by atoms with Crippen LogP contribution >= 0.6 is 0 Å². The molecular weight excluding hydrogens is 233 g/mol. The van der Waals surface area contributed by atoms with E-state index in [-0.39, 0.29) is 30.7 Å². The van der Waals surface area contributed by atoms with Crippen molar-refractivity contribution in [3.05, 3.63) is 36.4 Å². The number of phenols is 1. The van der Waals surface area contributed by atoms with Gasteiger partial charge in [0.1, 0.15) is 0 Å². The largest absolute Gasteiger partial charge is 2.00 e. The van der Waals surface area contributed by atoms with Gasteiger partial charge in [-0.05, 0) is 24.1 Å². The molecule has 4 heteroatoms. The Kier molecular flexibility index (Phi) is 8.40. The van der Waals surface area contributed by atoms with Gasteiger partial charge in [-0.2, -0.15) is 0 Å². The van der Waals surface area contributed by atoms with E-state index in [0.29, 0.717) is 5.75 Å². The summed E-state index contributed by atoms with van der Waals surface area (Å²) in [5.41, 5.74) is 1.08. The summed E-state index contributed by atoms with van der Waals surface area (Å²) < 4.78 is 4.95. The van der Waals surface area contributed by atoms with Gasteiger partial charge >= 0.3 is 19.5 Å². The minimum Gasteiger partial charge on any atom is -2.00 e. The number of allylic oxidation sites excluding steroid dienone is 1. The van der Waals surface area contributed by atoms with E-state index in [1.165, 1.54) is 7.11 Å². The van der Waals surface area contributed by atoms with Crippen molar-refractivity contribution in [3.63, 3.8) is 0 Å². The zero-order valence-electron chi connectivity index (χ0n) is 8.19. The Morgan fingerprint density at radius 2 is 2.14 bits per heavy atom. The second-order valence-electron chi connectivity index (χ2n) is 2.50. The molecule has 0 aliphatic carbocycles. The Morgan fingerprint density at radius 3 is 2.64 bits per heavy atom. The van der Waals surface area contributed by atoms with Crippen LogP contribution in [0.1, 0.15) is 5.56 Å². The monoisotopic (exact) mass is 244 g/mol. The van der Waals surface area contributed by atoms with Crippen molar-refractivity contribution >= 4 is 0 Å². The molecule has 0 radical (unpaired) electrons. The predicted molar refractivity (Wildman–Crippen MR) is 49.2 cm³/mol. The molecule has 1 rings (SSSR count). The molecule has 0 spiro atoms. The topological polar surface area (TPSA) is 58.0 Å². The molecule has 3 nitrogen and oxygen atoms in total. The Balaban J connectivity index is 0. The fourth-order valence-corrected chi connectivity index (χ4v) is 1.02. The molecule has 0 saturated heterocycles. The summed E-state index contributed by atoms with van der Waals surface area (Å²) in [4.78, 5) is 0. The second-order valence-corrected chi connectivity index (χ2v) is 2.50. The molecule has 72 valence electrons. The molecule has 0 aromatic heterocycles. The van der Waals surface area contributed by atoms with Gasteiger partial charge in [-0.3, -0.25) is 0 Å². The molecule has 0 atom stereocenters. The molecule has 1 aromatic carbocycles. The zero-order chi connectivity index (χ0) is 8.97. The molecule has 0 amide bonds. The van der Waals surface area contributed by atoms with Gasteiger partial charge in [-0.25, -0.2) is 0 Å². The molecule has 0 fully saturated rings. The van der Waals surface area contributed by atoms with Crippen LogP contribution in [0.4, 0.5) is 0 Å². The first-order valence-corrected chi connectivity index (χ1v) is 3.74. The van der Waals surface area contributed by atoms with Crippen LogP contribution < -0.4 is 4.74 Å². The average molecular weight is 246 g/mol. The molecule has 0 saturated carbocycles. The molecular formula is C10H12O3Zn. The first-order chi connectivity index (χ1) is 5.77. The van der Waals surface area contributed by atoms with Crippen LogP contribution in [-0.2, 0) is 31.4 Å². The number of ether oxygens (including phenoxy) is 1. The van der Waals surface area contributed by atoms with Crippen molar-refractivity contribution < 1.29 is 34.8 Å². The van der Waals surface area contributed by atoms with E-state index >= 15 is 0 Å². The number of benzene rings is 1. The smallest absolute Gasteiger partial charge is 2.00 e. The zero-order valence-corrected chi connectivity index (χ0v) is 11.2. The summed E-state index contributed by atoms with van der Waals surface area (Å²) in [6, 6.07) is 5.27. The fourth-order valence-electron chi connectivity index (χ4n) is 1.02. The molecule has 0 bridgehead atoms. The third-order valence-corrected chi connectivity index (χ3v) is 1.62. The van der Waals surface area contributed by atoms with E-state index in [4.69, 9.17) is 4.74 Å². The van der Waals surface area contributed by atoms with Crippen LogP contribution in [0.5, 0.6) is 11.5 Å². The number of hydrogen-bond donors (Lipinski definition) is 1. The third kappa shape index (κ3) is 3.90. The van der Waals surface area contributed by atoms with E-state index < -0.39 is 0 Å². The maximum Gasteiger partial charge on any atom is 2.00 e. The standard InChI is InChI=1S/C10H12O2.O.Zn/c1-3-4-8-5-6-9(11)10(7-8)12-2;;/h3,5-7,11H,1,4H2,2H3;;/q;-2;+2. The van der Waals surface area contributed by atoms with Crippen LogP contribution in [0.3, 0.4) is 0 Å². The normalized spacial score (nSPS) is 8.07. The Bertz CT molecular complexity index is 287. The molecule has 0 heterocycles. The number of methoxy groups -OCH3 is 1. The number of aromatic hydroxyl groups is 1. The molecule has 0 unspecified atom stereocenters. The van der Waals surface area contributed by atoms with Crippen molar-refractivity contribution in [2.75, 3.05) is 7.11 Å². The minimum absolute atomic E-state index is 0. The van der Waals surface area contributed by atoms with Crippen molar-refractivity contribution in [1.82, 2.24) is 0 Å². The van der Waals surface area contributed by atoms with Crippen LogP contribution in [0.25, 0.3) is 0 Å².